The number of hydrogen-bond donors (Lipinski definition) is 0. The fraction of sp³-hybridized carbons (Fsp3) is 0.931. The fourth-order valence-electron chi connectivity index (χ4n) is 4.99. The molecule has 0 aliphatic carbocycles. The largest absolute Gasteiger partial charge is 0.378 e. The zero-order valence-electron chi connectivity index (χ0n) is 23.2. The lowest BCUT2D eigenvalue weighted by atomic mass is 10.0. The first kappa shape index (κ1) is 32.6. The minimum absolute atomic E-state index is 0.497. The van der Waals surface area contributed by atoms with Crippen molar-refractivity contribution in [1.29, 1.82) is 0 Å². The lowest BCUT2D eigenvalue weighted by molar-refractivity contribution is -0.908. The Morgan fingerprint density at radius 1 is 0.576 bits per heavy atom. The van der Waals surface area contributed by atoms with Crippen LogP contribution in [0.3, 0.4) is 0 Å². The molecule has 0 amide bonds. The predicted molar refractivity (Wildman–Crippen MR) is 147 cm³/mol. The van der Waals surface area contributed by atoms with Crippen molar-refractivity contribution in [1.82, 2.24) is 0 Å². The molecule has 4 heteroatoms. The van der Waals surface area contributed by atoms with Gasteiger partial charge in [0.15, 0.2) is 0 Å². The first-order valence-electron chi connectivity index (χ1n) is 14.4. The van der Waals surface area contributed by atoms with E-state index in [0.29, 0.717) is 10.9 Å². The van der Waals surface area contributed by atoms with Crippen molar-refractivity contribution < 1.29 is 13.6 Å². The first-order valence-corrected chi connectivity index (χ1v) is 15.6. The van der Waals surface area contributed by atoms with Crippen molar-refractivity contribution in [2.45, 2.75) is 154 Å². The van der Waals surface area contributed by atoms with Gasteiger partial charge in [0.05, 0.1) is 21.1 Å². The highest BCUT2D eigenvalue weighted by atomic mass is 31.1. The van der Waals surface area contributed by atoms with Crippen molar-refractivity contribution in [2.75, 3.05) is 21.1 Å². The first-order chi connectivity index (χ1) is 15.8. The molecule has 0 radical (unpaired) electrons. The summed E-state index contributed by atoms with van der Waals surface area (Å²) in [6, 6.07) is 0. The van der Waals surface area contributed by atoms with Crippen molar-refractivity contribution in [2.24, 2.45) is 0 Å². The highest BCUT2D eigenvalue weighted by Gasteiger charge is 2.46. The molecule has 0 bridgehead atoms. The summed E-state index contributed by atoms with van der Waals surface area (Å²) in [6.07, 6.45) is 31.7. The molecule has 0 aliphatic rings. The van der Waals surface area contributed by atoms with Gasteiger partial charge in [0.1, 0.15) is 0 Å². The Balaban J connectivity index is 3.52. The van der Waals surface area contributed by atoms with Crippen LogP contribution >= 0.6 is 7.68 Å². The number of quaternary nitrogens is 1. The molecule has 196 valence electrons. The molecular formula is C29H59NO2P+. The molecule has 0 rings (SSSR count). The van der Waals surface area contributed by atoms with Gasteiger partial charge in [-0.25, -0.2) is 9.13 Å². The lowest BCUT2D eigenvalue weighted by Gasteiger charge is -2.40. The molecule has 0 aromatic heterocycles. The van der Waals surface area contributed by atoms with E-state index in [1.807, 2.05) is 28.1 Å². The Kier molecular flexibility index (Phi) is 20.7. The van der Waals surface area contributed by atoms with Gasteiger partial charge in [-0.1, -0.05) is 116 Å². The summed E-state index contributed by atoms with van der Waals surface area (Å²) >= 11 is 0. The van der Waals surface area contributed by atoms with Gasteiger partial charge in [0.2, 0.25) is 5.28 Å². The molecule has 0 saturated heterocycles. The molecule has 3 nitrogen and oxygen atoms in total. The summed E-state index contributed by atoms with van der Waals surface area (Å²) in [5.41, 5.74) is 0. The van der Waals surface area contributed by atoms with Crippen LogP contribution in [-0.2, 0) is 9.13 Å². The van der Waals surface area contributed by atoms with Gasteiger partial charge in [-0.15, -0.1) is 0 Å². The Morgan fingerprint density at radius 2 is 0.939 bits per heavy atom. The molecule has 0 aliphatic heterocycles. The average Bonchev–Trinajstić information content (AvgIpc) is 2.76. The van der Waals surface area contributed by atoms with Crippen molar-refractivity contribution in [3.63, 3.8) is 0 Å². The fourth-order valence-corrected chi connectivity index (χ4v) is 6.08. The Hall–Kier alpha value is -0.400. The molecule has 1 unspecified atom stereocenters. The molecule has 0 fully saturated rings. The zero-order valence-corrected chi connectivity index (χ0v) is 24.1. The third-order valence-corrected chi connectivity index (χ3v) is 9.31. The third-order valence-electron chi connectivity index (χ3n) is 7.49. The van der Waals surface area contributed by atoms with E-state index in [2.05, 4.69) is 19.1 Å². The molecule has 33 heavy (non-hydrogen) atoms. The van der Waals surface area contributed by atoms with Crippen LogP contribution in [0.4, 0.5) is 0 Å². The van der Waals surface area contributed by atoms with Crippen LogP contribution in [0.25, 0.3) is 0 Å². The molecule has 0 saturated carbocycles. The Morgan fingerprint density at radius 3 is 1.27 bits per heavy atom. The van der Waals surface area contributed by atoms with E-state index in [0.717, 1.165) is 25.7 Å². The number of nitrogens with zero attached hydrogens (tertiary/aromatic N) is 1. The van der Waals surface area contributed by atoms with Gasteiger partial charge in [-0.05, 0) is 32.1 Å². The monoisotopic (exact) mass is 484 g/mol. The van der Waals surface area contributed by atoms with Crippen LogP contribution in [0, 0.1) is 0 Å². The lowest BCUT2D eigenvalue weighted by Crippen LogP contribution is -2.53. The summed E-state index contributed by atoms with van der Waals surface area (Å²) in [5, 5.41) is -0.618. The standard InChI is InChI=1S/C29H59NO2P/c1-6-8-9-10-11-12-13-14-15-16-17-18-19-20-21-22-23-24-25-26-27-28-29(7-2,33(31)32)30(3,4)5/h23-24H,6-22,25-28H2,1-5H3/q+1. The molecule has 0 aromatic carbocycles. The summed E-state index contributed by atoms with van der Waals surface area (Å²) in [7, 11) is 3.59. The van der Waals surface area contributed by atoms with Gasteiger partial charge < -0.3 is 4.48 Å². The molecule has 1 atom stereocenters. The minimum Gasteiger partial charge on any atom is -0.314 e. The zero-order chi connectivity index (χ0) is 24.8. The van der Waals surface area contributed by atoms with E-state index in [1.54, 1.807) is 0 Å². The molecule has 0 N–H and O–H groups in total. The predicted octanol–water partition coefficient (Wildman–Crippen LogP) is 10.3. The van der Waals surface area contributed by atoms with Crippen molar-refractivity contribution in [3.05, 3.63) is 12.2 Å². The van der Waals surface area contributed by atoms with E-state index in [1.165, 1.54) is 103 Å². The maximum absolute atomic E-state index is 11.9. The number of hydrogen-bond acceptors (Lipinski definition) is 2. The SMILES string of the molecule is CCCCCCCCCCCCCCCCCC=CCCCCC(CC)(P(=O)=O)[N+](C)(C)C. The molecule has 0 aromatic rings. The number of unbranched alkanes of at least 4 members (excludes halogenated alkanes) is 17. The second kappa shape index (κ2) is 20.9. The van der Waals surface area contributed by atoms with Crippen LogP contribution in [0.1, 0.15) is 149 Å². The van der Waals surface area contributed by atoms with Crippen LogP contribution in [0.5, 0.6) is 0 Å². The van der Waals surface area contributed by atoms with Gasteiger partial charge in [-0.3, -0.25) is 0 Å². The highest BCUT2D eigenvalue weighted by molar-refractivity contribution is 7.32. The highest BCUT2D eigenvalue weighted by Crippen LogP contribution is 2.42. The van der Waals surface area contributed by atoms with Gasteiger partial charge in [-0.2, -0.15) is 0 Å². The average molecular weight is 485 g/mol. The maximum Gasteiger partial charge on any atom is 0.378 e. The van der Waals surface area contributed by atoms with Crippen LogP contribution in [0.15, 0.2) is 12.2 Å². The summed E-state index contributed by atoms with van der Waals surface area (Å²) in [6.45, 7) is 4.29. The van der Waals surface area contributed by atoms with Gasteiger partial charge in [0, 0.05) is 12.8 Å². The van der Waals surface area contributed by atoms with Crippen molar-refractivity contribution >= 4 is 7.68 Å². The van der Waals surface area contributed by atoms with Crippen LogP contribution in [0.2, 0.25) is 0 Å². The topological polar surface area (TPSA) is 34.1 Å². The van der Waals surface area contributed by atoms with Gasteiger partial charge >= 0.3 is 7.68 Å². The number of allylic oxidation sites excluding steroid dienone is 2. The maximum atomic E-state index is 11.9. The second-order valence-corrected chi connectivity index (χ2v) is 12.4. The Bertz CT molecular complexity index is 528. The third kappa shape index (κ3) is 16.0. The molecule has 0 heterocycles. The normalized spacial score (nSPS) is 14.1. The molecular weight excluding hydrogens is 425 g/mol. The molecule has 0 spiro atoms. The smallest absolute Gasteiger partial charge is 0.314 e. The summed E-state index contributed by atoms with van der Waals surface area (Å²) < 4.78 is 24.4. The quantitative estimate of drug-likeness (QED) is 0.0591. The van der Waals surface area contributed by atoms with E-state index in [4.69, 9.17) is 0 Å². The van der Waals surface area contributed by atoms with E-state index in [-0.39, 0.29) is 0 Å². The van der Waals surface area contributed by atoms with Gasteiger partial charge in [0.25, 0.3) is 0 Å². The summed E-state index contributed by atoms with van der Waals surface area (Å²) in [4.78, 5) is 0. The summed E-state index contributed by atoms with van der Waals surface area (Å²) in [5.74, 6) is 0. The second-order valence-electron chi connectivity index (χ2n) is 11.1. The minimum atomic E-state index is -2.43. The van der Waals surface area contributed by atoms with E-state index >= 15 is 0 Å². The number of rotatable bonds is 24. The van der Waals surface area contributed by atoms with Crippen LogP contribution < -0.4 is 0 Å². The van der Waals surface area contributed by atoms with Crippen LogP contribution in [-0.4, -0.2) is 30.9 Å². The van der Waals surface area contributed by atoms with E-state index < -0.39 is 13.0 Å². The van der Waals surface area contributed by atoms with Crippen molar-refractivity contribution in [3.8, 4) is 0 Å². The van der Waals surface area contributed by atoms with E-state index in [9.17, 15) is 9.13 Å². The Labute approximate surface area is 208 Å².